The molecule has 66 valence electrons. The number of rotatable bonds is 6. The maximum absolute atomic E-state index is 10.7. The van der Waals surface area contributed by atoms with E-state index in [0.29, 0.717) is 6.42 Å². The van der Waals surface area contributed by atoms with Crippen molar-refractivity contribution in [3.63, 3.8) is 0 Å². The molecule has 0 spiro atoms. The Balaban J connectivity index is 3.64. The lowest BCUT2D eigenvalue weighted by atomic mass is 10.6. The summed E-state index contributed by atoms with van der Waals surface area (Å²) in [6.45, 7) is 1.30. The molecule has 0 unspecified atom stereocenters. The molecule has 0 heterocycles. The molecule has 0 aromatic carbocycles. The van der Waals surface area contributed by atoms with Gasteiger partial charge in [0.2, 0.25) is 6.79 Å². The number of carbonyl (C=O) groups is 1. The first-order valence-electron chi connectivity index (χ1n) is 3.04. The van der Waals surface area contributed by atoms with E-state index in [1.165, 1.54) is 0 Å². The smallest absolute Gasteiger partial charge is 0.295 e. The van der Waals surface area contributed by atoms with E-state index in [0.717, 1.165) is 0 Å². The molecule has 0 aromatic heterocycles. The lowest BCUT2D eigenvalue weighted by Crippen LogP contribution is -2.12. The molecule has 0 bridgehead atoms. The summed E-state index contributed by atoms with van der Waals surface area (Å²) in [5, 5.41) is 0. The lowest BCUT2D eigenvalue weighted by molar-refractivity contribution is -0.134. The van der Waals surface area contributed by atoms with E-state index in [9.17, 15) is 13.2 Å². The van der Waals surface area contributed by atoms with Crippen LogP contribution in [0.5, 0.6) is 0 Å². The molecule has 0 aliphatic heterocycles. The molecule has 0 aliphatic rings. The zero-order valence-electron chi connectivity index (χ0n) is 6.15. The third-order valence-electron chi connectivity index (χ3n) is 0.818. The van der Waals surface area contributed by atoms with Crippen molar-refractivity contribution in [1.82, 2.24) is 0 Å². The van der Waals surface area contributed by atoms with Crippen LogP contribution in [0.1, 0.15) is 13.3 Å². The van der Waals surface area contributed by atoms with Gasteiger partial charge in [-0.25, -0.2) is 4.18 Å². The summed E-state index contributed by atoms with van der Waals surface area (Å²) in [5.41, 5.74) is 0. The highest BCUT2D eigenvalue weighted by Crippen LogP contribution is 1.94. The summed E-state index contributed by atoms with van der Waals surface area (Å²) >= 11 is 0. The molecule has 0 rings (SSSR count). The van der Waals surface area contributed by atoms with E-state index in [4.69, 9.17) is 0 Å². The minimum absolute atomic E-state index is 0.0603. The van der Waals surface area contributed by atoms with Crippen LogP contribution in [-0.4, -0.2) is 27.4 Å². The normalized spacial score (nSPS) is 11.0. The zero-order valence-corrected chi connectivity index (χ0v) is 6.96. The highest BCUT2D eigenvalue weighted by molar-refractivity contribution is 7.86. The predicted molar refractivity (Wildman–Crippen MR) is 37.2 cm³/mol. The van der Waals surface area contributed by atoms with Gasteiger partial charge in [0.05, 0.1) is 5.75 Å². The largest absolute Gasteiger partial charge is 0.439 e. The maximum atomic E-state index is 10.7. The SMILES string of the molecule is CCCS(=O)(=O)OCOC=O. The molecule has 0 atom stereocenters. The van der Waals surface area contributed by atoms with E-state index in [2.05, 4.69) is 8.92 Å². The highest BCUT2D eigenvalue weighted by Gasteiger charge is 2.08. The van der Waals surface area contributed by atoms with Gasteiger partial charge in [0, 0.05) is 0 Å². The predicted octanol–water partition coefficient (Wildman–Crippen LogP) is -0.127. The van der Waals surface area contributed by atoms with Gasteiger partial charge in [0.15, 0.2) is 0 Å². The van der Waals surface area contributed by atoms with Crippen molar-refractivity contribution in [2.45, 2.75) is 13.3 Å². The summed E-state index contributed by atoms with van der Waals surface area (Å²) in [7, 11) is -3.49. The van der Waals surface area contributed by atoms with Gasteiger partial charge in [-0.3, -0.25) is 4.79 Å². The molecule has 0 saturated heterocycles. The van der Waals surface area contributed by atoms with Crippen molar-refractivity contribution in [3.05, 3.63) is 0 Å². The van der Waals surface area contributed by atoms with Crippen LogP contribution in [-0.2, 0) is 23.8 Å². The van der Waals surface area contributed by atoms with E-state index in [-0.39, 0.29) is 12.2 Å². The minimum Gasteiger partial charge on any atom is -0.439 e. The Kier molecular flexibility index (Phi) is 4.80. The van der Waals surface area contributed by atoms with Gasteiger partial charge in [-0.1, -0.05) is 6.92 Å². The zero-order chi connectivity index (χ0) is 8.74. The van der Waals surface area contributed by atoms with Crippen molar-refractivity contribution in [1.29, 1.82) is 0 Å². The van der Waals surface area contributed by atoms with Crippen LogP contribution in [0.15, 0.2) is 0 Å². The minimum atomic E-state index is -3.49. The molecule has 0 radical (unpaired) electrons. The topological polar surface area (TPSA) is 69.7 Å². The summed E-state index contributed by atoms with van der Waals surface area (Å²) < 4.78 is 29.6. The first kappa shape index (κ1) is 10.4. The van der Waals surface area contributed by atoms with Crippen molar-refractivity contribution in [2.24, 2.45) is 0 Å². The number of hydrogen-bond acceptors (Lipinski definition) is 5. The van der Waals surface area contributed by atoms with E-state index >= 15 is 0 Å². The fraction of sp³-hybridized carbons (Fsp3) is 0.800. The fourth-order valence-corrected chi connectivity index (χ4v) is 1.26. The molecule has 0 saturated carbocycles. The maximum Gasteiger partial charge on any atom is 0.295 e. The van der Waals surface area contributed by atoms with Crippen LogP contribution >= 0.6 is 0 Å². The Labute approximate surface area is 65.4 Å². The number of hydrogen-bond donors (Lipinski definition) is 0. The summed E-state index contributed by atoms with van der Waals surface area (Å²) in [4.78, 5) is 9.55. The first-order chi connectivity index (χ1) is 5.12. The summed E-state index contributed by atoms with van der Waals surface area (Å²) in [5.74, 6) is -0.0603. The summed E-state index contributed by atoms with van der Waals surface area (Å²) in [6, 6.07) is 0. The molecule has 0 aromatic rings. The Morgan fingerprint density at radius 2 is 2.09 bits per heavy atom. The molecule has 5 nitrogen and oxygen atoms in total. The Morgan fingerprint density at radius 3 is 2.55 bits per heavy atom. The average molecular weight is 182 g/mol. The molecule has 0 aliphatic carbocycles. The van der Waals surface area contributed by atoms with Gasteiger partial charge in [-0.05, 0) is 6.42 Å². The second-order valence-electron chi connectivity index (χ2n) is 1.76. The Hall–Kier alpha value is -0.620. The van der Waals surface area contributed by atoms with Crippen LogP contribution in [0.4, 0.5) is 0 Å². The second-order valence-corrected chi connectivity index (χ2v) is 3.52. The number of carbonyl (C=O) groups excluding carboxylic acids is 1. The number of ether oxygens (including phenoxy) is 1. The van der Waals surface area contributed by atoms with Crippen LogP contribution in [0, 0.1) is 0 Å². The second kappa shape index (κ2) is 5.09. The van der Waals surface area contributed by atoms with Crippen LogP contribution in [0.25, 0.3) is 0 Å². The standard InChI is InChI=1S/C5H10O5S/c1-2-3-11(7,8)10-5-9-4-6/h4H,2-3,5H2,1H3. The molecular weight excluding hydrogens is 172 g/mol. The quantitative estimate of drug-likeness (QED) is 0.248. The van der Waals surface area contributed by atoms with E-state index < -0.39 is 16.9 Å². The van der Waals surface area contributed by atoms with Crippen molar-refractivity contribution < 1.29 is 22.1 Å². The molecule has 6 heteroatoms. The van der Waals surface area contributed by atoms with E-state index in [1.807, 2.05) is 0 Å². The third kappa shape index (κ3) is 5.81. The lowest BCUT2D eigenvalue weighted by Gasteiger charge is -2.00. The van der Waals surface area contributed by atoms with Gasteiger partial charge in [-0.2, -0.15) is 8.42 Å². The molecule has 0 amide bonds. The molecular formula is C5H10O5S. The van der Waals surface area contributed by atoms with Crippen LogP contribution in [0.3, 0.4) is 0 Å². The molecule has 0 N–H and O–H groups in total. The summed E-state index contributed by atoms with van der Waals surface area (Å²) in [6.07, 6.45) is 0.476. The van der Waals surface area contributed by atoms with Crippen molar-refractivity contribution in [2.75, 3.05) is 12.5 Å². The Morgan fingerprint density at radius 1 is 1.45 bits per heavy atom. The molecule has 11 heavy (non-hydrogen) atoms. The monoisotopic (exact) mass is 182 g/mol. The molecule has 0 fully saturated rings. The van der Waals surface area contributed by atoms with Crippen LogP contribution < -0.4 is 0 Å². The fourth-order valence-electron chi connectivity index (χ4n) is 0.438. The van der Waals surface area contributed by atoms with Crippen LogP contribution in [0.2, 0.25) is 0 Å². The van der Waals surface area contributed by atoms with Gasteiger partial charge in [0.25, 0.3) is 16.6 Å². The third-order valence-corrected chi connectivity index (χ3v) is 2.18. The van der Waals surface area contributed by atoms with Crippen molar-refractivity contribution in [3.8, 4) is 0 Å². The highest BCUT2D eigenvalue weighted by atomic mass is 32.2. The van der Waals surface area contributed by atoms with Crippen molar-refractivity contribution >= 4 is 16.6 Å². The van der Waals surface area contributed by atoms with Gasteiger partial charge in [0.1, 0.15) is 0 Å². The Bertz CT molecular complexity index is 195. The van der Waals surface area contributed by atoms with Gasteiger partial charge < -0.3 is 4.74 Å². The van der Waals surface area contributed by atoms with Gasteiger partial charge >= 0.3 is 0 Å². The average Bonchev–Trinajstić information content (AvgIpc) is 1.87. The van der Waals surface area contributed by atoms with E-state index in [1.54, 1.807) is 6.92 Å². The van der Waals surface area contributed by atoms with Gasteiger partial charge in [-0.15, -0.1) is 0 Å². The first-order valence-corrected chi connectivity index (χ1v) is 4.62.